The van der Waals surface area contributed by atoms with Crippen LogP contribution in [-0.4, -0.2) is 32.9 Å². The molecule has 0 rings (SSSR count). The van der Waals surface area contributed by atoms with E-state index >= 15 is 0 Å². The molecule has 0 amide bonds. The lowest BCUT2D eigenvalue weighted by molar-refractivity contribution is -0.574. The summed E-state index contributed by atoms with van der Waals surface area (Å²) in [6.07, 6.45) is 0. The zero-order valence-electron chi connectivity index (χ0n) is 6.15. The van der Waals surface area contributed by atoms with Gasteiger partial charge in [-0.1, -0.05) is 0 Å². The van der Waals surface area contributed by atoms with Crippen LogP contribution in [-0.2, 0) is 0 Å². The van der Waals surface area contributed by atoms with Gasteiger partial charge in [0.1, 0.15) is 0 Å². The Balaban J connectivity index is 4.83. The van der Waals surface area contributed by atoms with Crippen LogP contribution >= 0.6 is 0 Å². The molecule has 0 aromatic heterocycles. The topological polar surface area (TPSA) is 146 Å². The highest BCUT2D eigenvalue weighted by Crippen LogP contribution is 1.92. The van der Waals surface area contributed by atoms with E-state index in [9.17, 15) is 20.2 Å². The van der Waals surface area contributed by atoms with Crippen molar-refractivity contribution >= 4 is 5.71 Å². The van der Waals surface area contributed by atoms with Crippen molar-refractivity contribution in [2.45, 2.75) is 6.04 Å². The number of nitriles is 1. The first kappa shape index (κ1) is 10.7. The highest BCUT2D eigenvalue weighted by molar-refractivity contribution is 5.97. The van der Waals surface area contributed by atoms with Crippen LogP contribution < -0.4 is 0 Å². The molecule has 0 N–H and O–H groups in total. The van der Waals surface area contributed by atoms with Crippen LogP contribution in [0.2, 0.25) is 0 Å². The Morgan fingerprint density at radius 2 is 2.15 bits per heavy atom. The van der Waals surface area contributed by atoms with Gasteiger partial charge in [-0.15, -0.1) is 0 Å². The average Bonchev–Trinajstić information content (AvgIpc) is 2.04. The molecule has 9 heteroatoms. The molecule has 0 fully saturated rings. The summed E-state index contributed by atoms with van der Waals surface area (Å²) in [6, 6.07) is -0.706. The van der Waals surface area contributed by atoms with Gasteiger partial charge in [0.15, 0.2) is 6.07 Å². The fourth-order valence-electron chi connectivity index (χ4n) is 0.558. The van der Waals surface area contributed by atoms with E-state index in [-0.39, 0.29) is 0 Å². The predicted molar refractivity (Wildman–Crippen MR) is 36.9 cm³/mol. The third-order valence-corrected chi connectivity index (χ3v) is 1.11. The smallest absolute Gasteiger partial charge is 0.360 e. The summed E-state index contributed by atoms with van der Waals surface area (Å²) in [4.78, 5) is 20.3. The first-order valence-corrected chi connectivity index (χ1v) is 2.90. The molecule has 9 nitrogen and oxygen atoms in total. The number of nitro groups is 2. The molecular weight excluding hydrogens is 182 g/mol. The summed E-state index contributed by atoms with van der Waals surface area (Å²) in [5, 5.41) is 28.2. The predicted octanol–water partition coefficient (Wildman–Crippen LogP) is -0.897. The lowest BCUT2D eigenvalue weighted by Gasteiger charge is -1.94. The summed E-state index contributed by atoms with van der Waals surface area (Å²) >= 11 is 0. The van der Waals surface area contributed by atoms with Gasteiger partial charge in [-0.2, -0.15) is 10.1 Å². The molecule has 0 aliphatic rings. The molecule has 0 aliphatic carbocycles. The van der Waals surface area contributed by atoms with Crippen molar-refractivity contribution in [1.29, 1.82) is 5.26 Å². The Labute approximate surface area is 71.1 Å². The summed E-state index contributed by atoms with van der Waals surface area (Å²) < 4.78 is 0. The van der Waals surface area contributed by atoms with Crippen LogP contribution in [0, 0.1) is 31.6 Å². The van der Waals surface area contributed by atoms with Crippen molar-refractivity contribution in [2.75, 3.05) is 6.54 Å². The van der Waals surface area contributed by atoms with Crippen molar-refractivity contribution in [3.8, 4) is 6.07 Å². The standard InChI is InChI=1S/C4H3N5O4/c5-1-3(7-6)4(9(12)13)2-8(10)11/h4H,2H2. The maximum absolute atomic E-state index is 10.2. The van der Waals surface area contributed by atoms with E-state index < -0.39 is 28.1 Å². The molecule has 0 aliphatic heterocycles. The third-order valence-electron chi connectivity index (χ3n) is 1.11. The maximum atomic E-state index is 10.2. The lowest BCUT2D eigenvalue weighted by atomic mass is 10.2. The number of nitrogens with zero attached hydrogens (tertiary/aromatic N) is 5. The molecule has 0 aromatic carbocycles. The quantitative estimate of drug-likeness (QED) is 0.183. The molecule has 0 spiro atoms. The minimum Gasteiger partial charge on any atom is -0.360 e. The number of rotatable bonds is 4. The van der Waals surface area contributed by atoms with Crippen LogP contribution in [0.15, 0.2) is 0 Å². The minimum absolute atomic E-state index is 0.887. The SMILES string of the molecule is N#CC(=[N+]=[N-])C(C[N+](=O)[O-])[N+](=O)[O-]. The van der Waals surface area contributed by atoms with Gasteiger partial charge >= 0.3 is 11.8 Å². The van der Waals surface area contributed by atoms with Crippen LogP contribution in [0.5, 0.6) is 0 Å². The Bertz CT molecular complexity index is 324. The van der Waals surface area contributed by atoms with E-state index in [4.69, 9.17) is 10.8 Å². The van der Waals surface area contributed by atoms with E-state index in [0.717, 1.165) is 0 Å². The molecule has 0 bridgehead atoms. The monoisotopic (exact) mass is 185 g/mol. The van der Waals surface area contributed by atoms with Crippen molar-refractivity contribution < 1.29 is 14.6 Å². The Morgan fingerprint density at radius 1 is 1.62 bits per heavy atom. The van der Waals surface area contributed by atoms with Crippen molar-refractivity contribution in [1.82, 2.24) is 0 Å². The van der Waals surface area contributed by atoms with Gasteiger partial charge in [-0.05, 0) is 0 Å². The number of hydrogen-bond donors (Lipinski definition) is 0. The summed E-state index contributed by atoms with van der Waals surface area (Å²) in [7, 11) is 0. The highest BCUT2D eigenvalue weighted by atomic mass is 16.6. The van der Waals surface area contributed by atoms with E-state index in [0.29, 0.717) is 0 Å². The van der Waals surface area contributed by atoms with E-state index in [1.165, 1.54) is 6.07 Å². The first-order valence-electron chi connectivity index (χ1n) is 2.90. The van der Waals surface area contributed by atoms with Gasteiger partial charge in [0, 0.05) is 9.85 Å². The second kappa shape index (κ2) is 4.53. The molecule has 13 heavy (non-hydrogen) atoms. The Hall–Kier alpha value is -2.33. The number of hydrogen-bond acceptors (Lipinski definition) is 5. The van der Waals surface area contributed by atoms with Gasteiger partial charge in [-0.3, -0.25) is 20.2 Å². The fourth-order valence-corrected chi connectivity index (χ4v) is 0.558. The second-order valence-electron chi connectivity index (χ2n) is 1.91. The Morgan fingerprint density at radius 3 is 2.38 bits per heavy atom. The van der Waals surface area contributed by atoms with Gasteiger partial charge in [0.25, 0.3) is 6.54 Å². The molecule has 1 unspecified atom stereocenters. The van der Waals surface area contributed by atoms with Crippen molar-refractivity contribution in [2.24, 2.45) is 0 Å². The van der Waals surface area contributed by atoms with Gasteiger partial charge in [0.05, 0.1) is 0 Å². The van der Waals surface area contributed by atoms with E-state index in [1.807, 2.05) is 0 Å². The van der Waals surface area contributed by atoms with Gasteiger partial charge in [0.2, 0.25) is 0 Å². The normalized spacial score (nSPS) is 10.7. The zero-order chi connectivity index (χ0) is 10.4. The van der Waals surface area contributed by atoms with Crippen LogP contribution in [0.1, 0.15) is 0 Å². The average molecular weight is 185 g/mol. The van der Waals surface area contributed by atoms with Crippen molar-refractivity contribution in [3.05, 3.63) is 25.8 Å². The lowest BCUT2D eigenvalue weighted by Crippen LogP contribution is -2.36. The molecule has 0 saturated carbocycles. The molecule has 0 saturated heterocycles. The Kier molecular flexibility index (Phi) is 3.72. The van der Waals surface area contributed by atoms with Crippen molar-refractivity contribution in [3.63, 3.8) is 0 Å². The van der Waals surface area contributed by atoms with E-state index in [1.54, 1.807) is 0 Å². The minimum atomic E-state index is -1.90. The molecule has 68 valence electrons. The summed E-state index contributed by atoms with van der Waals surface area (Å²) in [6.45, 7) is -1.08. The molecular formula is C4H3N5O4. The molecule has 0 aromatic rings. The fraction of sp³-hybridized carbons (Fsp3) is 0.500. The maximum Gasteiger partial charge on any atom is 0.448 e. The molecule has 1 atom stereocenters. The largest absolute Gasteiger partial charge is 0.448 e. The van der Waals surface area contributed by atoms with Crippen LogP contribution in [0.4, 0.5) is 0 Å². The second-order valence-corrected chi connectivity index (χ2v) is 1.91. The summed E-state index contributed by atoms with van der Waals surface area (Å²) in [5.74, 6) is 0. The van der Waals surface area contributed by atoms with Gasteiger partial charge in [-0.25, -0.2) is 0 Å². The van der Waals surface area contributed by atoms with Crippen LogP contribution in [0.25, 0.3) is 5.53 Å². The van der Waals surface area contributed by atoms with Gasteiger partial charge < -0.3 is 5.53 Å². The van der Waals surface area contributed by atoms with E-state index in [2.05, 4.69) is 4.79 Å². The zero-order valence-corrected chi connectivity index (χ0v) is 6.15. The molecule has 0 heterocycles. The third kappa shape index (κ3) is 3.04. The van der Waals surface area contributed by atoms with Crippen LogP contribution in [0.3, 0.4) is 0 Å². The molecule has 0 radical (unpaired) electrons. The first-order chi connectivity index (χ1) is 6.02. The highest BCUT2D eigenvalue weighted by Gasteiger charge is 2.40. The summed E-state index contributed by atoms with van der Waals surface area (Å²) in [5.41, 5.74) is 7.21.